The number of ether oxygens (including phenoxy) is 1. The van der Waals surface area contributed by atoms with Crippen LogP contribution in [0.3, 0.4) is 0 Å². The van der Waals surface area contributed by atoms with Crippen molar-refractivity contribution in [2.45, 2.75) is 26.5 Å². The van der Waals surface area contributed by atoms with E-state index in [0.717, 1.165) is 17.2 Å². The molecule has 0 aliphatic rings. The predicted octanol–water partition coefficient (Wildman–Crippen LogP) is 0.857. The van der Waals surface area contributed by atoms with E-state index in [1.54, 1.807) is 18.4 Å². The fourth-order valence-corrected chi connectivity index (χ4v) is 2.25. The summed E-state index contributed by atoms with van der Waals surface area (Å²) in [6.45, 7) is 5.68. The van der Waals surface area contributed by atoms with Gasteiger partial charge in [0.2, 0.25) is 0 Å². The van der Waals surface area contributed by atoms with Crippen molar-refractivity contribution in [2.24, 2.45) is 0 Å². The smallest absolute Gasteiger partial charge is 0.0900 e. The number of hydrogen-bond donors (Lipinski definition) is 2. The number of rotatable bonds is 6. The van der Waals surface area contributed by atoms with Crippen molar-refractivity contribution in [3.8, 4) is 0 Å². The van der Waals surface area contributed by atoms with Gasteiger partial charge in [-0.15, -0.1) is 11.3 Å². The topological polar surface area (TPSA) is 54.4 Å². The molecule has 1 aromatic heterocycles. The van der Waals surface area contributed by atoms with E-state index in [1.807, 2.05) is 13.8 Å². The number of nitrogens with one attached hydrogen (secondary N) is 1. The van der Waals surface area contributed by atoms with Gasteiger partial charge >= 0.3 is 0 Å². The van der Waals surface area contributed by atoms with E-state index in [1.165, 1.54) is 4.88 Å². The lowest BCUT2D eigenvalue weighted by Crippen LogP contribution is -2.29. The van der Waals surface area contributed by atoms with Crippen molar-refractivity contribution in [1.29, 1.82) is 0 Å². The molecule has 0 aromatic carbocycles. The van der Waals surface area contributed by atoms with E-state index in [2.05, 4.69) is 10.3 Å². The van der Waals surface area contributed by atoms with Crippen molar-refractivity contribution in [1.82, 2.24) is 10.3 Å². The summed E-state index contributed by atoms with van der Waals surface area (Å²) in [5.74, 6) is 0. The first-order chi connectivity index (χ1) is 7.13. The molecule has 0 bridgehead atoms. The number of nitrogens with zero attached hydrogens (tertiary/aromatic N) is 1. The second-order valence-electron chi connectivity index (χ2n) is 3.48. The van der Waals surface area contributed by atoms with Gasteiger partial charge in [0.05, 0.1) is 23.4 Å². The summed E-state index contributed by atoms with van der Waals surface area (Å²) in [6.07, 6.45) is -0.440. The first kappa shape index (κ1) is 12.6. The van der Waals surface area contributed by atoms with E-state index in [-0.39, 0.29) is 0 Å². The fraction of sp³-hybridized carbons (Fsp3) is 0.700. The number of hydrogen-bond acceptors (Lipinski definition) is 5. The number of aliphatic hydroxyl groups is 1. The van der Waals surface area contributed by atoms with Crippen LogP contribution in [-0.4, -0.2) is 36.5 Å². The lowest BCUT2D eigenvalue weighted by molar-refractivity contribution is 0.0644. The Hall–Kier alpha value is -0.490. The van der Waals surface area contributed by atoms with Crippen LogP contribution in [0.4, 0.5) is 0 Å². The highest BCUT2D eigenvalue weighted by Gasteiger charge is 2.06. The zero-order chi connectivity index (χ0) is 11.3. The molecule has 0 aliphatic heterocycles. The number of methoxy groups -OCH3 is 1. The summed E-state index contributed by atoms with van der Waals surface area (Å²) in [4.78, 5) is 5.57. The van der Waals surface area contributed by atoms with Crippen LogP contribution in [0.25, 0.3) is 0 Å². The van der Waals surface area contributed by atoms with Crippen LogP contribution in [0, 0.1) is 13.8 Å². The Morgan fingerprint density at radius 2 is 2.27 bits per heavy atom. The largest absolute Gasteiger partial charge is 0.389 e. The average molecular weight is 230 g/mol. The van der Waals surface area contributed by atoms with Gasteiger partial charge in [-0.25, -0.2) is 4.98 Å². The summed E-state index contributed by atoms with van der Waals surface area (Å²) in [5, 5.41) is 13.7. The van der Waals surface area contributed by atoms with Gasteiger partial charge < -0.3 is 15.2 Å². The molecule has 0 spiro atoms. The number of aliphatic hydroxyl groups excluding tert-OH is 1. The average Bonchev–Trinajstić information content (AvgIpc) is 2.46. The number of aryl methyl sites for hydroxylation is 2. The molecule has 1 heterocycles. The van der Waals surface area contributed by atoms with Gasteiger partial charge in [0.1, 0.15) is 0 Å². The summed E-state index contributed by atoms with van der Waals surface area (Å²) in [7, 11) is 1.58. The number of aromatic nitrogens is 1. The highest BCUT2D eigenvalue weighted by Crippen LogP contribution is 2.16. The summed E-state index contributed by atoms with van der Waals surface area (Å²) in [6, 6.07) is 0. The summed E-state index contributed by atoms with van der Waals surface area (Å²) in [5.41, 5.74) is 1.08. The van der Waals surface area contributed by atoms with Crippen LogP contribution in [0.15, 0.2) is 0 Å². The Bertz CT molecular complexity index is 302. The third-order valence-electron chi connectivity index (χ3n) is 2.02. The second kappa shape index (κ2) is 6.17. The van der Waals surface area contributed by atoms with Crippen molar-refractivity contribution in [2.75, 3.05) is 20.3 Å². The first-order valence-corrected chi connectivity index (χ1v) is 5.75. The van der Waals surface area contributed by atoms with Gasteiger partial charge in [-0.1, -0.05) is 0 Å². The van der Waals surface area contributed by atoms with Gasteiger partial charge in [-0.2, -0.15) is 0 Å². The summed E-state index contributed by atoms with van der Waals surface area (Å²) >= 11 is 1.69. The molecule has 4 nitrogen and oxygen atoms in total. The van der Waals surface area contributed by atoms with Gasteiger partial charge in [-0.3, -0.25) is 0 Å². The maximum Gasteiger partial charge on any atom is 0.0900 e. The Balaban J connectivity index is 2.28. The third-order valence-corrected chi connectivity index (χ3v) is 3.10. The standard InChI is InChI=1S/C10H18N2O2S/c1-7-10(15-8(2)12-7)5-11-4-9(13)6-14-3/h9,11,13H,4-6H2,1-3H3. The molecule has 1 rings (SSSR count). The monoisotopic (exact) mass is 230 g/mol. The molecule has 0 amide bonds. The first-order valence-electron chi connectivity index (χ1n) is 4.94. The molecule has 1 aromatic rings. The lowest BCUT2D eigenvalue weighted by atomic mass is 10.3. The Morgan fingerprint density at radius 1 is 1.53 bits per heavy atom. The molecule has 0 fully saturated rings. The minimum atomic E-state index is -0.440. The van der Waals surface area contributed by atoms with E-state index in [0.29, 0.717) is 13.2 Å². The van der Waals surface area contributed by atoms with Gasteiger partial charge in [0, 0.05) is 25.1 Å². The molecule has 0 saturated heterocycles. The molecule has 2 N–H and O–H groups in total. The number of thiazole rings is 1. The van der Waals surface area contributed by atoms with Crippen molar-refractivity contribution < 1.29 is 9.84 Å². The second-order valence-corrected chi connectivity index (χ2v) is 4.77. The molecule has 0 saturated carbocycles. The Morgan fingerprint density at radius 3 is 2.80 bits per heavy atom. The van der Waals surface area contributed by atoms with E-state index in [9.17, 15) is 5.11 Å². The highest BCUT2D eigenvalue weighted by atomic mass is 32.1. The molecule has 1 unspecified atom stereocenters. The van der Waals surface area contributed by atoms with E-state index in [4.69, 9.17) is 4.74 Å². The lowest BCUT2D eigenvalue weighted by Gasteiger charge is -2.09. The third kappa shape index (κ3) is 4.25. The SMILES string of the molecule is COCC(O)CNCc1sc(C)nc1C. The van der Waals surface area contributed by atoms with Crippen LogP contribution in [0.2, 0.25) is 0 Å². The fourth-order valence-electron chi connectivity index (χ4n) is 1.34. The molecule has 0 aliphatic carbocycles. The summed E-state index contributed by atoms with van der Waals surface area (Å²) < 4.78 is 4.83. The van der Waals surface area contributed by atoms with Crippen LogP contribution in [0.1, 0.15) is 15.6 Å². The molecule has 86 valence electrons. The van der Waals surface area contributed by atoms with Crippen molar-refractivity contribution in [3.05, 3.63) is 15.6 Å². The maximum absolute atomic E-state index is 9.40. The maximum atomic E-state index is 9.40. The van der Waals surface area contributed by atoms with Crippen molar-refractivity contribution in [3.63, 3.8) is 0 Å². The molecular formula is C10H18N2O2S. The minimum Gasteiger partial charge on any atom is -0.389 e. The van der Waals surface area contributed by atoms with Crippen molar-refractivity contribution >= 4 is 11.3 Å². The molecule has 1 atom stereocenters. The normalized spacial score (nSPS) is 13.1. The molecule has 15 heavy (non-hydrogen) atoms. The van der Waals surface area contributed by atoms with E-state index < -0.39 is 6.10 Å². The van der Waals surface area contributed by atoms with Crippen LogP contribution >= 0.6 is 11.3 Å². The molecule has 0 radical (unpaired) electrons. The zero-order valence-corrected chi connectivity index (χ0v) is 10.2. The highest BCUT2D eigenvalue weighted by molar-refractivity contribution is 7.11. The van der Waals surface area contributed by atoms with Crippen LogP contribution in [0.5, 0.6) is 0 Å². The van der Waals surface area contributed by atoms with Crippen LogP contribution in [-0.2, 0) is 11.3 Å². The zero-order valence-electron chi connectivity index (χ0n) is 9.41. The molecular weight excluding hydrogens is 212 g/mol. The molecule has 5 heteroatoms. The van der Waals surface area contributed by atoms with Gasteiger partial charge in [0.25, 0.3) is 0 Å². The Kier molecular flexibility index (Phi) is 5.17. The van der Waals surface area contributed by atoms with Gasteiger partial charge in [-0.05, 0) is 13.8 Å². The minimum absolute atomic E-state index is 0.369. The predicted molar refractivity (Wildman–Crippen MR) is 61.2 cm³/mol. The van der Waals surface area contributed by atoms with E-state index >= 15 is 0 Å². The van der Waals surface area contributed by atoms with Gasteiger partial charge in [0.15, 0.2) is 0 Å². The quantitative estimate of drug-likeness (QED) is 0.761. The van der Waals surface area contributed by atoms with Crippen LogP contribution < -0.4 is 5.32 Å². The Labute approximate surface area is 94.3 Å².